The molecular formula is C15H12FNO. The van der Waals surface area contributed by atoms with Crippen molar-refractivity contribution < 1.29 is 9.13 Å². The molecule has 0 bridgehead atoms. The Balaban J connectivity index is 2.28. The number of nitriles is 1. The van der Waals surface area contributed by atoms with E-state index in [1.54, 1.807) is 6.07 Å². The molecule has 2 aromatic carbocycles. The summed E-state index contributed by atoms with van der Waals surface area (Å²) in [6.45, 7) is 2.05. The van der Waals surface area contributed by atoms with Crippen LogP contribution in [0.5, 0.6) is 11.5 Å². The minimum atomic E-state index is -0.476. The largest absolute Gasteiger partial charge is 0.457 e. The third-order valence-electron chi connectivity index (χ3n) is 2.54. The van der Waals surface area contributed by atoms with E-state index in [9.17, 15) is 4.39 Å². The molecule has 0 heterocycles. The summed E-state index contributed by atoms with van der Waals surface area (Å²) in [4.78, 5) is 0. The van der Waals surface area contributed by atoms with Crippen LogP contribution in [0.15, 0.2) is 42.5 Å². The Morgan fingerprint density at radius 3 is 2.72 bits per heavy atom. The minimum absolute atomic E-state index is 0.247. The average Bonchev–Trinajstić information content (AvgIpc) is 2.38. The number of halogens is 1. The molecule has 0 N–H and O–H groups in total. The summed E-state index contributed by atoms with van der Waals surface area (Å²) in [5.41, 5.74) is 1.39. The van der Waals surface area contributed by atoms with Crippen LogP contribution in [0.3, 0.4) is 0 Å². The molecule has 0 amide bonds. The lowest BCUT2D eigenvalue weighted by atomic mass is 10.1. The number of rotatable bonds is 3. The van der Waals surface area contributed by atoms with Gasteiger partial charge in [0.1, 0.15) is 17.3 Å². The maximum absolute atomic E-state index is 13.2. The lowest BCUT2D eigenvalue weighted by molar-refractivity contribution is 0.476. The van der Waals surface area contributed by atoms with Gasteiger partial charge in [0.2, 0.25) is 0 Å². The fraction of sp³-hybridized carbons (Fsp3) is 0.133. The van der Waals surface area contributed by atoms with Crippen LogP contribution in [0.25, 0.3) is 0 Å². The number of hydrogen-bond donors (Lipinski definition) is 0. The van der Waals surface area contributed by atoms with E-state index >= 15 is 0 Å². The van der Waals surface area contributed by atoms with Crippen LogP contribution in [0.4, 0.5) is 4.39 Å². The molecule has 0 fully saturated rings. The fourth-order valence-electron chi connectivity index (χ4n) is 1.65. The van der Waals surface area contributed by atoms with E-state index in [0.29, 0.717) is 11.5 Å². The first-order valence-electron chi connectivity index (χ1n) is 5.68. The first-order valence-corrected chi connectivity index (χ1v) is 5.68. The first kappa shape index (κ1) is 12.1. The molecule has 90 valence electrons. The molecule has 0 aliphatic rings. The second-order valence-corrected chi connectivity index (χ2v) is 3.89. The molecule has 2 rings (SSSR count). The summed E-state index contributed by atoms with van der Waals surface area (Å²) in [7, 11) is 0. The summed E-state index contributed by atoms with van der Waals surface area (Å²) in [5, 5.41) is 8.76. The van der Waals surface area contributed by atoms with Crippen LogP contribution >= 0.6 is 0 Å². The molecule has 2 nitrogen and oxygen atoms in total. The van der Waals surface area contributed by atoms with Crippen molar-refractivity contribution >= 4 is 0 Å². The van der Waals surface area contributed by atoms with Crippen molar-refractivity contribution in [3.8, 4) is 17.6 Å². The van der Waals surface area contributed by atoms with Crippen LogP contribution in [0, 0.1) is 17.1 Å². The SMILES string of the molecule is CCc1cccc(Oc2cc(F)cc(C#N)c2)c1. The van der Waals surface area contributed by atoms with Gasteiger partial charge < -0.3 is 4.74 Å². The molecule has 0 saturated carbocycles. The van der Waals surface area contributed by atoms with Crippen LogP contribution in [0.2, 0.25) is 0 Å². The van der Waals surface area contributed by atoms with Gasteiger partial charge >= 0.3 is 0 Å². The molecule has 0 aliphatic heterocycles. The van der Waals surface area contributed by atoms with E-state index in [1.165, 1.54) is 18.2 Å². The van der Waals surface area contributed by atoms with Crippen molar-refractivity contribution in [3.05, 3.63) is 59.4 Å². The predicted octanol–water partition coefficient (Wildman–Crippen LogP) is 4.05. The lowest BCUT2D eigenvalue weighted by Gasteiger charge is -2.07. The van der Waals surface area contributed by atoms with Gasteiger partial charge in [-0.05, 0) is 36.2 Å². The average molecular weight is 241 g/mol. The molecule has 18 heavy (non-hydrogen) atoms. The van der Waals surface area contributed by atoms with Crippen molar-refractivity contribution in [2.75, 3.05) is 0 Å². The van der Waals surface area contributed by atoms with E-state index in [0.717, 1.165) is 12.0 Å². The molecule has 3 heteroatoms. The number of ether oxygens (including phenoxy) is 1. The maximum atomic E-state index is 13.2. The number of nitrogens with zero attached hydrogens (tertiary/aromatic N) is 1. The summed E-state index contributed by atoms with van der Waals surface area (Å²) < 4.78 is 18.8. The summed E-state index contributed by atoms with van der Waals surface area (Å²) in [5.74, 6) is 0.499. The highest BCUT2D eigenvalue weighted by Crippen LogP contribution is 2.24. The quantitative estimate of drug-likeness (QED) is 0.812. The number of aryl methyl sites for hydroxylation is 1. The van der Waals surface area contributed by atoms with Gasteiger partial charge in [-0.25, -0.2) is 4.39 Å². The molecule has 0 unspecified atom stereocenters. The minimum Gasteiger partial charge on any atom is -0.457 e. The van der Waals surface area contributed by atoms with Gasteiger partial charge in [-0.1, -0.05) is 19.1 Å². The maximum Gasteiger partial charge on any atom is 0.131 e. The normalized spacial score (nSPS) is 9.83. The summed E-state index contributed by atoms with van der Waals surface area (Å²) in [6, 6.07) is 13.4. The van der Waals surface area contributed by atoms with E-state index in [4.69, 9.17) is 10.00 Å². The van der Waals surface area contributed by atoms with Gasteiger partial charge in [-0.2, -0.15) is 5.26 Å². The van der Waals surface area contributed by atoms with Gasteiger partial charge in [0.15, 0.2) is 0 Å². The summed E-state index contributed by atoms with van der Waals surface area (Å²) >= 11 is 0. The van der Waals surface area contributed by atoms with Crippen LogP contribution in [-0.4, -0.2) is 0 Å². The molecule has 0 aromatic heterocycles. The van der Waals surface area contributed by atoms with E-state index < -0.39 is 5.82 Å². The molecule has 0 atom stereocenters. The monoisotopic (exact) mass is 241 g/mol. The van der Waals surface area contributed by atoms with Gasteiger partial charge in [-0.3, -0.25) is 0 Å². The van der Waals surface area contributed by atoms with Crippen LogP contribution in [-0.2, 0) is 6.42 Å². The zero-order valence-electron chi connectivity index (χ0n) is 9.98. The Hall–Kier alpha value is -2.34. The van der Waals surface area contributed by atoms with Gasteiger partial charge in [-0.15, -0.1) is 0 Å². The number of hydrogen-bond acceptors (Lipinski definition) is 2. The Morgan fingerprint density at radius 1 is 1.17 bits per heavy atom. The third-order valence-corrected chi connectivity index (χ3v) is 2.54. The van der Waals surface area contributed by atoms with E-state index in [1.807, 2.05) is 24.3 Å². The zero-order chi connectivity index (χ0) is 13.0. The fourth-order valence-corrected chi connectivity index (χ4v) is 1.65. The molecule has 2 aromatic rings. The Kier molecular flexibility index (Phi) is 3.59. The second kappa shape index (κ2) is 5.33. The van der Waals surface area contributed by atoms with E-state index in [2.05, 4.69) is 6.92 Å². The van der Waals surface area contributed by atoms with E-state index in [-0.39, 0.29) is 5.56 Å². The smallest absolute Gasteiger partial charge is 0.131 e. The van der Waals surface area contributed by atoms with Crippen molar-refractivity contribution in [3.63, 3.8) is 0 Å². The van der Waals surface area contributed by atoms with Crippen molar-refractivity contribution in [2.24, 2.45) is 0 Å². The van der Waals surface area contributed by atoms with Crippen LogP contribution in [0.1, 0.15) is 18.1 Å². The number of benzene rings is 2. The Bertz CT molecular complexity index is 602. The zero-order valence-corrected chi connectivity index (χ0v) is 9.98. The highest BCUT2D eigenvalue weighted by atomic mass is 19.1. The summed E-state index contributed by atoms with van der Waals surface area (Å²) in [6.07, 6.45) is 0.907. The lowest BCUT2D eigenvalue weighted by Crippen LogP contribution is -1.88. The first-order chi connectivity index (χ1) is 8.71. The highest BCUT2D eigenvalue weighted by molar-refractivity contribution is 5.40. The molecule has 0 saturated heterocycles. The standard InChI is InChI=1S/C15H12FNO/c1-2-11-4-3-5-14(7-11)18-15-8-12(10-17)6-13(16)9-15/h3-9H,2H2,1H3. The van der Waals surface area contributed by atoms with Crippen molar-refractivity contribution in [2.45, 2.75) is 13.3 Å². The molecule has 0 radical (unpaired) electrons. The van der Waals surface area contributed by atoms with Crippen LogP contribution < -0.4 is 4.74 Å². The van der Waals surface area contributed by atoms with Gasteiger partial charge in [0.05, 0.1) is 11.6 Å². The second-order valence-electron chi connectivity index (χ2n) is 3.89. The molecule has 0 spiro atoms. The van der Waals surface area contributed by atoms with Crippen molar-refractivity contribution in [1.82, 2.24) is 0 Å². The molecular weight excluding hydrogens is 229 g/mol. The van der Waals surface area contributed by atoms with Gasteiger partial charge in [0.25, 0.3) is 0 Å². The van der Waals surface area contributed by atoms with Gasteiger partial charge in [0, 0.05) is 6.07 Å². The Labute approximate surface area is 105 Å². The predicted molar refractivity (Wildman–Crippen MR) is 67.0 cm³/mol. The topological polar surface area (TPSA) is 33.0 Å². The third kappa shape index (κ3) is 2.86. The highest BCUT2D eigenvalue weighted by Gasteiger charge is 2.03. The Morgan fingerprint density at radius 2 is 2.00 bits per heavy atom. The molecule has 0 aliphatic carbocycles. The van der Waals surface area contributed by atoms with Crippen molar-refractivity contribution in [1.29, 1.82) is 5.26 Å².